The van der Waals surface area contributed by atoms with E-state index in [-0.39, 0.29) is 27.2 Å². The molecule has 0 saturated heterocycles. The van der Waals surface area contributed by atoms with Gasteiger partial charge < -0.3 is 0 Å². The summed E-state index contributed by atoms with van der Waals surface area (Å²) in [5.41, 5.74) is 0. The molecule has 0 rings (SSSR count). The molecule has 96 valence electrons. The summed E-state index contributed by atoms with van der Waals surface area (Å²) in [5.74, 6) is -0.157. The molecule has 1 N–H and O–H groups in total. The van der Waals surface area contributed by atoms with Crippen LogP contribution in [0.5, 0.6) is 0 Å². The third kappa shape index (κ3) is 8.26. The van der Waals surface area contributed by atoms with Crippen LogP contribution in [0.25, 0.3) is 0 Å². The Hall–Kier alpha value is 0.0800. The molecular weight excluding hydrogens is 341 g/mol. The molecule has 0 aliphatic rings. The van der Waals surface area contributed by atoms with Crippen LogP contribution in [-0.2, 0) is 10.1 Å². The van der Waals surface area contributed by atoms with Crippen LogP contribution in [0.1, 0.15) is 6.42 Å². The van der Waals surface area contributed by atoms with Gasteiger partial charge in [-0.15, -0.1) is 0 Å². The molecule has 6 heteroatoms. The van der Waals surface area contributed by atoms with Gasteiger partial charge in [-0.1, -0.05) is 0 Å². The van der Waals surface area contributed by atoms with Crippen molar-refractivity contribution in [1.82, 2.24) is 0 Å². The molecule has 0 aliphatic carbocycles. The van der Waals surface area contributed by atoms with Gasteiger partial charge in [-0.25, -0.2) is 0 Å². The van der Waals surface area contributed by atoms with Crippen molar-refractivity contribution in [3.8, 4) is 0 Å². The van der Waals surface area contributed by atoms with E-state index < -0.39 is 10.1 Å². The number of nitrogens with zero attached hydrogens (tertiary/aromatic N) is 1. The maximum atomic E-state index is 10.6. The van der Waals surface area contributed by atoms with Gasteiger partial charge in [0.15, 0.2) is 0 Å². The fourth-order valence-electron chi connectivity index (χ4n) is 1.26. The van der Waals surface area contributed by atoms with Crippen molar-refractivity contribution in [1.29, 1.82) is 0 Å². The van der Waals surface area contributed by atoms with Gasteiger partial charge in [0.2, 0.25) is 0 Å². The van der Waals surface area contributed by atoms with Crippen LogP contribution in [-0.4, -0.2) is 46.0 Å². The summed E-state index contributed by atoms with van der Waals surface area (Å²) in [6.07, 6.45) is 4.24. The molecule has 0 amide bonds. The van der Waals surface area contributed by atoms with Crippen molar-refractivity contribution in [2.24, 2.45) is 0 Å². The Morgan fingerprint density at radius 1 is 1.38 bits per heavy atom. The fourth-order valence-corrected chi connectivity index (χ4v) is 4.22. The van der Waals surface area contributed by atoms with Crippen molar-refractivity contribution in [2.75, 3.05) is 30.3 Å². The number of rotatable bonds is 9. The number of allylic oxidation sites excluding steroid dienone is 1. The van der Waals surface area contributed by atoms with Crippen molar-refractivity contribution in [3.05, 3.63) is 25.3 Å². The van der Waals surface area contributed by atoms with Gasteiger partial charge in [-0.05, 0) is 0 Å². The molecule has 0 saturated carbocycles. The van der Waals surface area contributed by atoms with Gasteiger partial charge in [0, 0.05) is 0 Å². The zero-order valence-electron chi connectivity index (χ0n) is 9.60. The molecule has 1 unspecified atom stereocenters. The molecule has 1 atom stereocenters. The molecule has 0 fully saturated rings. The molecular formula is C10H20INO3S. The Labute approximate surface area is 109 Å². The minimum atomic E-state index is -3.83. The van der Waals surface area contributed by atoms with E-state index in [1.54, 1.807) is 0 Å². The van der Waals surface area contributed by atoms with E-state index in [1.807, 2.05) is 12.2 Å². The summed E-state index contributed by atoms with van der Waals surface area (Å²) >= 11 is -0.109. The molecule has 0 aromatic rings. The second kappa shape index (κ2) is 7.41. The Balaban J connectivity index is 4.20. The first-order valence-corrected chi connectivity index (χ1v) is 9.05. The normalized spacial score (nSPS) is 15.6. The van der Waals surface area contributed by atoms with E-state index in [0.717, 1.165) is 20.2 Å². The van der Waals surface area contributed by atoms with E-state index in [9.17, 15) is 8.42 Å². The zero-order valence-corrected chi connectivity index (χ0v) is 12.6. The molecule has 16 heavy (non-hydrogen) atoms. The van der Waals surface area contributed by atoms with Gasteiger partial charge in [-0.2, -0.15) is 0 Å². The van der Waals surface area contributed by atoms with Crippen LogP contribution in [0.15, 0.2) is 25.3 Å². The molecule has 0 heterocycles. The monoisotopic (exact) mass is 361 g/mol. The Bertz CT molecular complexity index is 329. The molecule has 0 spiro atoms. The third-order valence-electron chi connectivity index (χ3n) is 2.00. The maximum absolute atomic E-state index is 10.6. The van der Waals surface area contributed by atoms with Gasteiger partial charge in [0.05, 0.1) is 0 Å². The molecule has 0 bridgehead atoms. The van der Waals surface area contributed by atoms with Gasteiger partial charge in [0.1, 0.15) is 0 Å². The standard InChI is InChI=1S/C10H20INO3S/c1-4-7-11-12(3,8-5-2)9-6-10-16(13,14)15/h4-5H,1-2,6-10H2,3H3,(H,13,14,15). The molecule has 0 aliphatic heterocycles. The van der Waals surface area contributed by atoms with E-state index in [0.29, 0.717) is 6.42 Å². The van der Waals surface area contributed by atoms with Crippen LogP contribution in [0.3, 0.4) is 0 Å². The predicted molar refractivity (Wildman–Crippen MR) is 62.2 cm³/mol. The average Bonchev–Trinajstić information content (AvgIpc) is 2.13. The molecule has 0 aromatic carbocycles. The molecule has 0 aromatic heterocycles. The molecule has 0 radical (unpaired) electrons. The van der Waals surface area contributed by atoms with E-state index in [2.05, 4.69) is 20.2 Å². The fraction of sp³-hybridized carbons (Fsp3) is 0.600. The second-order valence-corrected chi connectivity index (χ2v) is 9.13. The number of hydrogen-bond acceptors (Lipinski definition) is 2. The summed E-state index contributed by atoms with van der Waals surface area (Å²) in [4.78, 5) is 0. The van der Waals surface area contributed by atoms with Crippen molar-refractivity contribution in [3.63, 3.8) is 0 Å². The Morgan fingerprint density at radius 3 is 2.44 bits per heavy atom. The topological polar surface area (TPSA) is 54.4 Å². The number of quaternary nitrogens is 1. The number of hydrogen-bond donors (Lipinski definition) is 1. The number of halogens is 1. The van der Waals surface area contributed by atoms with Crippen molar-refractivity contribution >= 4 is 10.1 Å². The first-order valence-electron chi connectivity index (χ1n) is 4.95. The summed E-state index contributed by atoms with van der Waals surface area (Å²) in [6.45, 7) is 9.02. The van der Waals surface area contributed by atoms with Crippen LogP contribution in [0, 0.1) is 0 Å². The second-order valence-electron chi connectivity index (χ2n) is 3.66. The van der Waals surface area contributed by atoms with Gasteiger partial charge >= 0.3 is 109 Å². The van der Waals surface area contributed by atoms with Gasteiger partial charge in [0.25, 0.3) is 0 Å². The van der Waals surface area contributed by atoms with Crippen LogP contribution in [0.2, 0.25) is 0 Å². The quantitative estimate of drug-likeness (QED) is 0.171. The van der Waals surface area contributed by atoms with Gasteiger partial charge in [-0.3, -0.25) is 0 Å². The van der Waals surface area contributed by atoms with E-state index in [4.69, 9.17) is 4.55 Å². The Kier molecular flexibility index (Phi) is 7.45. The summed E-state index contributed by atoms with van der Waals surface area (Å²) in [6, 6.07) is 0. The predicted octanol–water partition coefficient (Wildman–Crippen LogP) is -1.91. The minimum absolute atomic E-state index is 0.109. The SMILES string of the molecule is C=CC[I-][N+](C)(CC=C)CCCS(=O)(=O)O. The third-order valence-corrected chi connectivity index (χ3v) is 6.35. The number of alkyl halides is 1. The van der Waals surface area contributed by atoms with E-state index in [1.165, 1.54) is 0 Å². The molecule has 4 nitrogen and oxygen atoms in total. The average molecular weight is 361 g/mol. The zero-order chi connectivity index (χ0) is 12.7. The summed E-state index contributed by atoms with van der Waals surface area (Å²) < 4.78 is 31.7. The number of likely N-dealkylation sites (N-methyl/N-ethyl adjacent to an activating group) is 1. The first kappa shape index (κ1) is 16.1. The summed E-state index contributed by atoms with van der Waals surface area (Å²) in [7, 11) is -1.73. The van der Waals surface area contributed by atoms with Crippen LogP contribution < -0.4 is 21.5 Å². The van der Waals surface area contributed by atoms with E-state index >= 15 is 0 Å². The first-order chi connectivity index (χ1) is 7.33. The van der Waals surface area contributed by atoms with Crippen molar-refractivity contribution in [2.45, 2.75) is 6.42 Å². The Morgan fingerprint density at radius 2 is 2.00 bits per heavy atom. The summed E-state index contributed by atoms with van der Waals surface area (Å²) in [5, 5.41) is 0. The van der Waals surface area contributed by atoms with Crippen LogP contribution in [0.4, 0.5) is 0 Å². The van der Waals surface area contributed by atoms with Crippen molar-refractivity contribution < 1.29 is 37.1 Å². The van der Waals surface area contributed by atoms with Crippen LogP contribution >= 0.6 is 0 Å².